The van der Waals surface area contributed by atoms with Crippen LogP contribution >= 0.6 is 0 Å². The Morgan fingerprint density at radius 1 is 1.33 bits per heavy atom. The molecule has 0 atom stereocenters. The first kappa shape index (κ1) is 15.5. The third kappa shape index (κ3) is 4.56. The first-order valence-corrected chi connectivity index (χ1v) is 7.59. The zero-order chi connectivity index (χ0) is 14.9. The number of rotatable bonds is 9. The molecule has 5 nitrogen and oxygen atoms in total. The maximum atomic E-state index is 5.04. The molecule has 0 bridgehead atoms. The van der Waals surface area contributed by atoms with Crippen LogP contribution in [-0.2, 0) is 4.74 Å². The van der Waals surface area contributed by atoms with Gasteiger partial charge in [0.15, 0.2) is 5.65 Å². The molecule has 0 saturated heterocycles. The van der Waals surface area contributed by atoms with E-state index in [-0.39, 0.29) is 0 Å². The van der Waals surface area contributed by atoms with E-state index in [1.54, 1.807) is 7.11 Å². The van der Waals surface area contributed by atoms with Crippen molar-refractivity contribution in [3.8, 4) is 0 Å². The molecule has 1 N–H and O–H groups in total. The van der Waals surface area contributed by atoms with Crippen LogP contribution in [0.3, 0.4) is 0 Å². The van der Waals surface area contributed by atoms with Gasteiger partial charge in [-0.3, -0.25) is 0 Å². The van der Waals surface area contributed by atoms with Crippen molar-refractivity contribution < 1.29 is 4.74 Å². The lowest BCUT2D eigenvalue weighted by molar-refractivity contribution is 0.197. The van der Waals surface area contributed by atoms with Crippen molar-refractivity contribution in [1.29, 1.82) is 0 Å². The Kier molecular flexibility index (Phi) is 6.22. The van der Waals surface area contributed by atoms with Crippen molar-refractivity contribution >= 4 is 17.5 Å². The zero-order valence-corrected chi connectivity index (χ0v) is 12.9. The van der Waals surface area contributed by atoms with Gasteiger partial charge in [-0.05, 0) is 31.1 Å². The number of methoxy groups -OCH3 is 1. The Morgan fingerprint density at radius 3 is 3.05 bits per heavy atom. The highest BCUT2D eigenvalue weighted by molar-refractivity contribution is 5.53. The van der Waals surface area contributed by atoms with Crippen LogP contribution in [-0.4, -0.2) is 34.9 Å². The summed E-state index contributed by atoms with van der Waals surface area (Å²) < 4.78 is 6.91. The summed E-state index contributed by atoms with van der Waals surface area (Å²) in [7, 11) is 1.72. The topological polar surface area (TPSA) is 51.5 Å². The third-order valence-electron chi connectivity index (χ3n) is 3.23. The number of nitrogens with one attached hydrogen (secondary N) is 1. The van der Waals surface area contributed by atoms with E-state index in [1.165, 1.54) is 12.8 Å². The number of aromatic nitrogens is 3. The van der Waals surface area contributed by atoms with Crippen LogP contribution in [0.5, 0.6) is 0 Å². The molecule has 0 aliphatic carbocycles. The highest BCUT2D eigenvalue weighted by Crippen LogP contribution is 2.11. The van der Waals surface area contributed by atoms with Gasteiger partial charge in [0, 0.05) is 20.3 Å². The minimum Gasteiger partial charge on any atom is -0.385 e. The zero-order valence-electron chi connectivity index (χ0n) is 12.9. The molecule has 0 unspecified atom stereocenters. The Labute approximate surface area is 126 Å². The first-order valence-electron chi connectivity index (χ1n) is 7.59. The second-order valence-corrected chi connectivity index (χ2v) is 4.99. The molecule has 0 saturated carbocycles. The van der Waals surface area contributed by atoms with Crippen molar-refractivity contribution in [3.05, 3.63) is 30.1 Å². The number of hydrogen-bond acceptors (Lipinski definition) is 4. The summed E-state index contributed by atoms with van der Waals surface area (Å²) in [5, 5.41) is 7.88. The summed E-state index contributed by atoms with van der Waals surface area (Å²) in [4.78, 5) is 4.37. The van der Waals surface area contributed by atoms with E-state index in [0.29, 0.717) is 0 Å². The highest BCUT2D eigenvalue weighted by Gasteiger charge is 2.03. The van der Waals surface area contributed by atoms with E-state index in [0.717, 1.165) is 43.2 Å². The van der Waals surface area contributed by atoms with Crippen molar-refractivity contribution in [2.75, 3.05) is 25.6 Å². The number of allylic oxidation sites excluding steroid dienone is 1. The van der Waals surface area contributed by atoms with Crippen LogP contribution in [0.2, 0.25) is 0 Å². The predicted octanol–water partition coefficient (Wildman–Crippen LogP) is 3.38. The maximum absolute atomic E-state index is 5.04. The molecule has 0 spiro atoms. The summed E-state index contributed by atoms with van der Waals surface area (Å²) in [5.74, 6) is 0.861. The fraction of sp³-hybridized carbons (Fsp3) is 0.500. The smallest absolute Gasteiger partial charge is 0.154 e. The Morgan fingerprint density at radius 2 is 2.24 bits per heavy atom. The molecule has 114 valence electrons. The Balaban J connectivity index is 2.04. The van der Waals surface area contributed by atoms with E-state index in [9.17, 15) is 0 Å². The molecule has 0 fully saturated rings. The SMILES string of the molecule is CCCCC=Cc1cnc2ccc(NCCCOC)nn12. The van der Waals surface area contributed by atoms with Gasteiger partial charge in [0.1, 0.15) is 5.82 Å². The molecule has 0 amide bonds. The number of anilines is 1. The fourth-order valence-electron chi connectivity index (χ4n) is 2.06. The van der Waals surface area contributed by atoms with Crippen LogP contribution in [0, 0.1) is 0 Å². The molecule has 2 aromatic heterocycles. The molecule has 0 aliphatic heterocycles. The van der Waals surface area contributed by atoms with Gasteiger partial charge in [-0.25, -0.2) is 9.50 Å². The van der Waals surface area contributed by atoms with Gasteiger partial charge in [-0.1, -0.05) is 25.8 Å². The Hall–Kier alpha value is -1.88. The van der Waals surface area contributed by atoms with E-state index in [2.05, 4.69) is 34.5 Å². The van der Waals surface area contributed by atoms with Gasteiger partial charge in [-0.2, -0.15) is 0 Å². The lowest BCUT2D eigenvalue weighted by atomic mass is 10.2. The van der Waals surface area contributed by atoms with Gasteiger partial charge >= 0.3 is 0 Å². The fourth-order valence-corrected chi connectivity index (χ4v) is 2.06. The Bertz CT molecular complexity index is 577. The molecule has 0 aromatic carbocycles. The van der Waals surface area contributed by atoms with Crippen LogP contribution in [0.15, 0.2) is 24.4 Å². The number of hydrogen-bond donors (Lipinski definition) is 1. The van der Waals surface area contributed by atoms with Crippen LogP contribution < -0.4 is 5.32 Å². The van der Waals surface area contributed by atoms with Gasteiger partial charge in [0.25, 0.3) is 0 Å². The van der Waals surface area contributed by atoms with Crippen LogP contribution in [0.1, 0.15) is 38.3 Å². The highest BCUT2D eigenvalue weighted by atomic mass is 16.5. The van der Waals surface area contributed by atoms with E-state index >= 15 is 0 Å². The molecule has 2 aromatic rings. The van der Waals surface area contributed by atoms with Gasteiger partial charge in [0.05, 0.1) is 11.9 Å². The quantitative estimate of drug-likeness (QED) is 0.719. The standard InChI is InChI=1S/C16H24N4O/c1-3-4-5-6-8-14-13-18-16-10-9-15(19-20(14)16)17-11-7-12-21-2/h6,8-10,13H,3-5,7,11-12H2,1-2H3,(H,17,19). The molecule has 0 radical (unpaired) electrons. The van der Waals surface area contributed by atoms with E-state index in [4.69, 9.17) is 4.74 Å². The molecule has 2 heterocycles. The number of fused-ring (bicyclic) bond motifs is 1. The molecular weight excluding hydrogens is 264 g/mol. The average molecular weight is 288 g/mol. The monoisotopic (exact) mass is 288 g/mol. The second kappa shape index (κ2) is 8.42. The average Bonchev–Trinajstić information content (AvgIpc) is 2.91. The number of ether oxygens (including phenoxy) is 1. The minimum absolute atomic E-state index is 0.756. The lowest BCUT2D eigenvalue weighted by Crippen LogP contribution is -2.08. The minimum atomic E-state index is 0.756. The summed E-state index contributed by atoms with van der Waals surface area (Å²) in [6, 6.07) is 3.94. The summed E-state index contributed by atoms with van der Waals surface area (Å²) in [6.45, 7) is 3.81. The van der Waals surface area contributed by atoms with Crippen molar-refractivity contribution in [1.82, 2.24) is 14.6 Å². The van der Waals surface area contributed by atoms with Crippen molar-refractivity contribution in [2.45, 2.75) is 32.6 Å². The number of imidazole rings is 1. The van der Waals surface area contributed by atoms with Gasteiger partial charge < -0.3 is 10.1 Å². The molecule has 2 rings (SSSR count). The van der Waals surface area contributed by atoms with E-state index in [1.807, 2.05) is 22.8 Å². The maximum Gasteiger partial charge on any atom is 0.154 e. The molecule has 21 heavy (non-hydrogen) atoms. The van der Waals surface area contributed by atoms with Crippen molar-refractivity contribution in [2.24, 2.45) is 0 Å². The van der Waals surface area contributed by atoms with Crippen LogP contribution in [0.4, 0.5) is 5.82 Å². The number of unbranched alkanes of at least 4 members (excludes halogenated alkanes) is 2. The molecular formula is C16H24N4O. The van der Waals surface area contributed by atoms with Crippen molar-refractivity contribution in [3.63, 3.8) is 0 Å². The normalized spacial score (nSPS) is 11.5. The lowest BCUT2D eigenvalue weighted by Gasteiger charge is -2.05. The van der Waals surface area contributed by atoms with Crippen LogP contribution in [0.25, 0.3) is 11.7 Å². The number of nitrogens with zero attached hydrogens (tertiary/aromatic N) is 3. The third-order valence-corrected chi connectivity index (χ3v) is 3.23. The predicted molar refractivity (Wildman–Crippen MR) is 86.5 cm³/mol. The molecule has 5 heteroatoms. The second-order valence-electron chi connectivity index (χ2n) is 4.99. The van der Waals surface area contributed by atoms with Gasteiger partial charge in [-0.15, -0.1) is 5.10 Å². The summed E-state index contributed by atoms with van der Waals surface area (Å²) in [5.41, 5.74) is 1.88. The summed E-state index contributed by atoms with van der Waals surface area (Å²) in [6.07, 6.45) is 10.6. The summed E-state index contributed by atoms with van der Waals surface area (Å²) >= 11 is 0. The molecule has 0 aliphatic rings. The van der Waals surface area contributed by atoms with E-state index < -0.39 is 0 Å². The van der Waals surface area contributed by atoms with Gasteiger partial charge in [0.2, 0.25) is 0 Å². The largest absolute Gasteiger partial charge is 0.385 e. The first-order chi connectivity index (χ1) is 10.3.